The molecule has 1 aromatic carbocycles. The quantitative estimate of drug-likeness (QED) is 0.701. The molecule has 5 heteroatoms. The maximum absolute atomic E-state index is 13.0. The predicted octanol–water partition coefficient (Wildman–Crippen LogP) is 5.22. The second-order valence-electron chi connectivity index (χ2n) is 8.63. The zero-order valence-corrected chi connectivity index (χ0v) is 16.8. The average molecular weight is 371 g/mol. The highest BCUT2D eigenvalue weighted by Crippen LogP contribution is 2.35. The lowest BCUT2D eigenvalue weighted by molar-refractivity contribution is -0.137. The van der Waals surface area contributed by atoms with Crippen molar-refractivity contribution in [1.82, 2.24) is 9.80 Å². The Morgan fingerprint density at radius 2 is 1.88 bits per heavy atom. The minimum Gasteiger partial charge on any atom is -0.300 e. The van der Waals surface area contributed by atoms with Crippen molar-refractivity contribution in [2.24, 2.45) is 0 Å². The fraction of sp³-hybridized carbons (Fsp3) is 0.714. The molecular formula is C21H33F3N2. The largest absolute Gasteiger partial charge is 0.416 e. The van der Waals surface area contributed by atoms with Gasteiger partial charge in [0.25, 0.3) is 0 Å². The Morgan fingerprint density at radius 1 is 1.19 bits per heavy atom. The van der Waals surface area contributed by atoms with E-state index in [-0.39, 0.29) is 11.1 Å². The minimum atomic E-state index is -4.28. The molecular weight excluding hydrogens is 337 g/mol. The van der Waals surface area contributed by atoms with Crippen LogP contribution in [-0.4, -0.2) is 47.6 Å². The summed E-state index contributed by atoms with van der Waals surface area (Å²) in [5.41, 5.74) is 0.356. The summed E-state index contributed by atoms with van der Waals surface area (Å²) < 4.78 is 39.0. The van der Waals surface area contributed by atoms with Crippen molar-refractivity contribution in [2.45, 2.75) is 70.6 Å². The summed E-state index contributed by atoms with van der Waals surface area (Å²) in [5, 5.41) is 0. The highest BCUT2D eigenvalue weighted by Gasteiger charge is 2.41. The molecule has 0 radical (unpaired) electrons. The molecule has 2 rings (SSSR count). The third kappa shape index (κ3) is 5.01. The monoisotopic (exact) mass is 370 g/mol. The third-order valence-corrected chi connectivity index (χ3v) is 5.92. The molecule has 0 saturated carbocycles. The summed E-state index contributed by atoms with van der Waals surface area (Å²) in [7, 11) is 2.15. The van der Waals surface area contributed by atoms with Crippen LogP contribution in [0.25, 0.3) is 0 Å². The van der Waals surface area contributed by atoms with Gasteiger partial charge in [-0.1, -0.05) is 25.1 Å². The Labute approximate surface area is 156 Å². The van der Waals surface area contributed by atoms with Gasteiger partial charge in [0, 0.05) is 17.6 Å². The van der Waals surface area contributed by atoms with Crippen LogP contribution in [0.3, 0.4) is 0 Å². The number of aryl methyl sites for hydroxylation is 1. The number of piperidine rings is 1. The van der Waals surface area contributed by atoms with Crippen molar-refractivity contribution in [1.29, 1.82) is 0 Å². The molecule has 0 unspecified atom stereocenters. The number of likely N-dealkylation sites (tertiary alicyclic amines) is 1. The molecule has 0 aromatic heterocycles. The molecule has 1 heterocycles. The van der Waals surface area contributed by atoms with Crippen molar-refractivity contribution >= 4 is 0 Å². The second-order valence-corrected chi connectivity index (χ2v) is 8.63. The number of alkyl halides is 3. The van der Waals surface area contributed by atoms with E-state index >= 15 is 0 Å². The first-order chi connectivity index (χ1) is 12.0. The van der Waals surface area contributed by atoms with E-state index in [1.807, 2.05) is 6.07 Å². The third-order valence-electron chi connectivity index (χ3n) is 5.92. The molecule has 0 bridgehead atoms. The zero-order chi connectivity index (χ0) is 19.6. The van der Waals surface area contributed by atoms with Gasteiger partial charge in [0.2, 0.25) is 0 Å². The molecule has 0 N–H and O–H groups in total. The van der Waals surface area contributed by atoms with Crippen molar-refractivity contribution in [3.05, 3.63) is 35.4 Å². The van der Waals surface area contributed by atoms with E-state index in [1.165, 1.54) is 12.1 Å². The summed E-state index contributed by atoms with van der Waals surface area (Å²) in [6, 6.07) is 5.80. The van der Waals surface area contributed by atoms with Gasteiger partial charge in [0.15, 0.2) is 0 Å². The molecule has 1 fully saturated rings. The number of hydrogen-bond donors (Lipinski definition) is 0. The summed E-state index contributed by atoms with van der Waals surface area (Å²) in [5.74, 6) is 0. The van der Waals surface area contributed by atoms with E-state index < -0.39 is 11.7 Å². The van der Waals surface area contributed by atoms with Crippen LogP contribution in [0.2, 0.25) is 0 Å². The molecule has 1 atom stereocenters. The summed E-state index contributed by atoms with van der Waals surface area (Å²) in [6.07, 6.45) is -0.494. The van der Waals surface area contributed by atoms with Gasteiger partial charge in [-0.2, -0.15) is 13.2 Å². The number of likely N-dealkylation sites (N-methyl/N-ethyl adjacent to an activating group) is 1. The van der Waals surface area contributed by atoms with Gasteiger partial charge < -0.3 is 0 Å². The lowest BCUT2D eigenvalue weighted by atomic mass is 9.80. The Morgan fingerprint density at radius 3 is 2.46 bits per heavy atom. The van der Waals surface area contributed by atoms with Gasteiger partial charge in [-0.25, -0.2) is 0 Å². The van der Waals surface area contributed by atoms with Gasteiger partial charge >= 0.3 is 6.18 Å². The van der Waals surface area contributed by atoms with E-state index in [4.69, 9.17) is 0 Å². The van der Waals surface area contributed by atoms with Crippen LogP contribution >= 0.6 is 0 Å². The molecule has 26 heavy (non-hydrogen) atoms. The maximum atomic E-state index is 13.0. The Kier molecular flexibility index (Phi) is 6.44. The average Bonchev–Trinajstić information content (AvgIpc) is 2.58. The molecule has 1 aliphatic heterocycles. The highest BCUT2D eigenvalue weighted by atomic mass is 19.4. The molecule has 1 aliphatic rings. The zero-order valence-electron chi connectivity index (χ0n) is 16.8. The summed E-state index contributed by atoms with van der Waals surface area (Å²) in [6.45, 7) is 11.9. The summed E-state index contributed by atoms with van der Waals surface area (Å²) >= 11 is 0. The first-order valence-electron chi connectivity index (χ1n) is 9.60. The van der Waals surface area contributed by atoms with Gasteiger partial charge in [0.05, 0.1) is 5.56 Å². The number of hydrogen-bond acceptors (Lipinski definition) is 2. The first-order valence-corrected chi connectivity index (χ1v) is 9.60. The standard InChI is InChI=1S/C21H33F3N2/c1-6-25(5)20(12-8-14-26(16-20)19(2,3)4)13-11-17-9-7-10-18(15-17)21(22,23)24/h7,9-10,15H,6,8,11-14,16H2,1-5H3/t20-/m0/s1. The van der Waals surface area contributed by atoms with Crippen LogP contribution in [-0.2, 0) is 12.6 Å². The Balaban J connectivity index is 2.19. The predicted molar refractivity (Wildman–Crippen MR) is 101 cm³/mol. The van der Waals surface area contributed by atoms with Crippen LogP contribution in [0.1, 0.15) is 58.1 Å². The van der Waals surface area contributed by atoms with Crippen molar-refractivity contribution < 1.29 is 13.2 Å². The summed E-state index contributed by atoms with van der Waals surface area (Å²) in [4.78, 5) is 4.92. The highest BCUT2D eigenvalue weighted by molar-refractivity contribution is 5.26. The van der Waals surface area contributed by atoms with Crippen molar-refractivity contribution in [3.63, 3.8) is 0 Å². The van der Waals surface area contributed by atoms with Gasteiger partial charge in [-0.05, 0) is 78.2 Å². The van der Waals surface area contributed by atoms with E-state index in [2.05, 4.69) is 44.5 Å². The number of rotatable bonds is 5. The number of benzene rings is 1. The second kappa shape index (κ2) is 7.89. The topological polar surface area (TPSA) is 6.48 Å². The fourth-order valence-corrected chi connectivity index (χ4v) is 4.01. The van der Waals surface area contributed by atoms with E-state index in [9.17, 15) is 13.2 Å². The van der Waals surface area contributed by atoms with Crippen LogP contribution in [0, 0.1) is 0 Å². The van der Waals surface area contributed by atoms with E-state index in [1.54, 1.807) is 0 Å². The minimum absolute atomic E-state index is 0.0223. The van der Waals surface area contributed by atoms with Gasteiger partial charge in [0.1, 0.15) is 0 Å². The molecule has 0 aliphatic carbocycles. The van der Waals surface area contributed by atoms with Crippen molar-refractivity contribution in [2.75, 3.05) is 26.7 Å². The molecule has 0 spiro atoms. The fourth-order valence-electron chi connectivity index (χ4n) is 4.01. The SMILES string of the molecule is CCN(C)[C@]1(CCc2cccc(C(F)(F)F)c2)CCCN(C(C)(C)C)C1. The molecule has 2 nitrogen and oxygen atoms in total. The van der Waals surface area contributed by atoms with Crippen LogP contribution < -0.4 is 0 Å². The van der Waals surface area contributed by atoms with Gasteiger partial charge in [-0.15, -0.1) is 0 Å². The van der Waals surface area contributed by atoms with Crippen LogP contribution in [0.15, 0.2) is 24.3 Å². The lowest BCUT2D eigenvalue weighted by Gasteiger charge is -2.52. The lowest BCUT2D eigenvalue weighted by Crippen LogP contribution is -2.61. The Hall–Kier alpha value is -1.07. The Bertz CT molecular complexity index is 592. The van der Waals surface area contributed by atoms with Crippen LogP contribution in [0.4, 0.5) is 13.2 Å². The molecule has 0 amide bonds. The van der Waals surface area contributed by atoms with E-state index in [0.717, 1.165) is 50.5 Å². The molecule has 1 saturated heterocycles. The maximum Gasteiger partial charge on any atom is 0.416 e. The molecule has 1 aromatic rings. The first kappa shape index (κ1) is 21.2. The smallest absolute Gasteiger partial charge is 0.300 e. The van der Waals surface area contributed by atoms with Gasteiger partial charge in [-0.3, -0.25) is 9.80 Å². The normalized spacial score (nSPS) is 22.8. The number of nitrogens with zero attached hydrogens (tertiary/aromatic N) is 2. The van der Waals surface area contributed by atoms with E-state index in [0.29, 0.717) is 6.42 Å². The van der Waals surface area contributed by atoms with Crippen LogP contribution in [0.5, 0.6) is 0 Å². The number of halogens is 3. The van der Waals surface area contributed by atoms with Crippen molar-refractivity contribution in [3.8, 4) is 0 Å². The molecule has 148 valence electrons.